The van der Waals surface area contributed by atoms with Crippen LogP contribution in [0.1, 0.15) is 27.8 Å². The molecule has 1 aliphatic heterocycles. The van der Waals surface area contributed by atoms with E-state index >= 15 is 0 Å². The van der Waals surface area contributed by atoms with Crippen molar-refractivity contribution in [3.63, 3.8) is 0 Å². The van der Waals surface area contributed by atoms with Crippen molar-refractivity contribution in [3.8, 4) is 44.9 Å². The van der Waals surface area contributed by atoms with Gasteiger partial charge in [0.2, 0.25) is 0 Å². The molecule has 248 valence electrons. The van der Waals surface area contributed by atoms with E-state index in [1.165, 1.54) is 44.5 Å². The Labute approximate surface area is 304 Å². The summed E-state index contributed by atoms with van der Waals surface area (Å²) in [5.74, 6) is 2.23. The van der Waals surface area contributed by atoms with E-state index in [-0.39, 0.29) is 0 Å². The van der Waals surface area contributed by atoms with E-state index in [9.17, 15) is 0 Å². The van der Waals surface area contributed by atoms with Gasteiger partial charge in [-0.25, -0.2) is 0 Å². The Bertz CT molecular complexity index is 2490. The molecule has 10 rings (SSSR count). The minimum atomic E-state index is -0.445. The van der Waals surface area contributed by atoms with Crippen LogP contribution < -0.4 is 14.4 Å². The highest BCUT2D eigenvalue weighted by atomic mass is 16.6. The molecule has 0 fully saturated rings. The largest absolute Gasteiger partial charge is 0.457 e. The van der Waals surface area contributed by atoms with Gasteiger partial charge in [-0.2, -0.15) is 0 Å². The van der Waals surface area contributed by atoms with Gasteiger partial charge in [0.1, 0.15) is 6.26 Å². The minimum absolute atomic E-state index is 0.445. The van der Waals surface area contributed by atoms with Gasteiger partial charge >= 0.3 is 0 Å². The number of fused-ring (bicyclic) bond motifs is 12. The molecule has 1 spiro atoms. The molecule has 0 radical (unpaired) electrons. The third-order valence-electron chi connectivity index (χ3n) is 10.7. The lowest BCUT2D eigenvalue weighted by molar-refractivity contribution is 0.322. The summed E-state index contributed by atoms with van der Waals surface area (Å²) in [4.78, 5) is 2.27. The van der Waals surface area contributed by atoms with E-state index in [2.05, 4.69) is 187 Å². The fraction of sp³-hybridized carbons (Fsp3) is 0.0612. The van der Waals surface area contributed by atoms with Crippen molar-refractivity contribution in [2.24, 2.45) is 0 Å². The molecule has 3 nitrogen and oxygen atoms in total. The van der Waals surface area contributed by atoms with Crippen LogP contribution in [0.25, 0.3) is 33.4 Å². The Kier molecular flexibility index (Phi) is 7.17. The summed E-state index contributed by atoms with van der Waals surface area (Å²) in [5, 5.41) is 0. The standard InChI is InChI=1S/C49H35NO2/c1-3-16-34(17-4-1)18-15-31-50(45-28-14-10-21-37(45)35-19-5-2-6-20-35)32-36-33-51-46-30-29-44-47(48(46)52-36)40-24-9-13-27-43(40)49(44)41-25-11-7-22-38(41)39-23-8-12-26-42(39)49/h1-17,19-31,33H,18,32H2/b31-15+. The maximum Gasteiger partial charge on any atom is 0.177 e. The monoisotopic (exact) mass is 669 g/mol. The Morgan fingerprint density at radius 3 is 1.81 bits per heavy atom. The number of anilines is 1. The summed E-state index contributed by atoms with van der Waals surface area (Å²) < 4.78 is 13.5. The van der Waals surface area contributed by atoms with Crippen molar-refractivity contribution in [1.29, 1.82) is 0 Å². The number of rotatable bonds is 7. The van der Waals surface area contributed by atoms with Crippen LogP contribution >= 0.6 is 0 Å². The van der Waals surface area contributed by atoms with Crippen LogP contribution in [-0.4, -0.2) is 6.54 Å². The van der Waals surface area contributed by atoms with Crippen molar-refractivity contribution >= 4 is 5.69 Å². The van der Waals surface area contributed by atoms with Crippen LogP contribution in [-0.2, 0) is 11.8 Å². The first-order valence-corrected chi connectivity index (χ1v) is 17.9. The molecule has 0 bridgehead atoms. The number of hydrogen-bond acceptors (Lipinski definition) is 3. The molecule has 1 heterocycles. The van der Waals surface area contributed by atoms with Gasteiger partial charge in [0.15, 0.2) is 17.3 Å². The number of hydrogen-bond donors (Lipinski definition) is 0. The number of allylic oxidation sites excluding steroid dienone is 1. The summed E-state index contributed by atoms with van der Waals surface area (Å²) >= 11 is 0. The molecule has 0 atom stereocenters. The van der Waals surface area contributed by atoms with E-state index in [0.717, 1.165) is 46.1 Å². The molecule has 3 aliphatic rings. The Morgan fingerprint density at radius 2 is 1.10 bits per heavy atom. The number of ether oxygens (including phenoxy) is 2. The Morgan fingerprint density at radius 1 is 0.519 bits per heavy atom. The Hall–Kier alpha value is -6.58. The highest BCUT2D eigenvalue weighted by molar-refractivity contribution is 5.97. The van der Waals surface area contributed by atoms with Crippen LogP contribution in [0.2, 0.25) is 0 Å². The van der Waals surface area contributed by atoms with Gasteiger partial charge in [-0.1, -0.05) is 164 Å². The van der Waals surface area contributed by atoms with Gasteiger partial charge in [0, 0.05) is 23.0 Å². The summed E-state index contributed by atoms with van der Waals surface area (Å²) in [7, 11) is 0. The van der Waals surface area contributed by atoms with E-state index < -0.39 is 5.41 Å². The number of benzene rings is 7. The molecule has 0 N–H and O–H groups in total. The van der Waals surface area contributed by atoms with Gasteiger partial charge in [-0.3, -0.25) is 0 Å². The van der Waals surface area contributed by atoms with Crippen molar-refractivity contribution in [2.45, 2.75) is 11.8 Å². The molecule has 52 heavy (non-hydrogen) atoms. The Balaban J connectivity index is 1.07. The maximum atomic E-state index is 7.03. The van der Waals surface area contributed by atoms with Gasteiger partial charge < -0.3 is 14.4 Å². The van der Waals surface area contributed by atoms with E-state index in [1.807, 2.05) is 0 Å². The topological polar surface area (TPSA) is 21.7 Å². The SMILES string of the molecule is C1=C(CN(/C=C/Cc2ccccc2)c2ccccc2-c2ccccc2)Oc2c(ccc3c2-c2ccccc2C32c3ccccc3-c3ccccc32)O1. The zero-order valence-corrected chi connectivity index (χ0v) is 28.6. The summed E-state index contributed by atoms with van der Waals surface area (Å²) in [6.07, 6.45) is 7.00. The van der Waals surface area contributed by atoms with Crippen molar-refractivity contribution in [1.82, 2.24) is 0 Å². The predicted molar refractivity (Wildman–Crippen MR) is 211 cm³/mol. The first-order chi connectivity index (χ1) is 25.8. The third-order valence-corrected chi connectivity index (χ3v) is 10.7. The van der Waals surface area contributed by atoms with Gasteiger partial charge in [-0.15, -0.1) is 0 Å². The summed E-state index contributed by atoms with van der Waals surface area (Å²) in [5.41, 5.74) is 14.2. The van der Waals surface area contributed by atoms with Gasteiger partial charge in [0.25, 0.3) is 0 Å². The molecular weight excluding hydrogens is 635 g/mol. The molecule has 0 amide bonds. The lowest BCUT2D eigenvalue weighted by atomic mass is 9.70. The molecule has 0 saturated heterocycles. The van der Waals surface area contributed by atoms with Crippen LogP contribution in [0.3, 0.4) is 0 Å². The zero-order valence-electron chi connectivity index (χ0n) is 28.6. The molecule has 0 unspecified atom stereocenters. The van der Waals surface area contributed by atoms with Gasteiger partial charge in [0.05, 0.1) is 12.0 Å². The van der Waals surface area contributed by atoms with Crippen LogP contribution in [0.5, 0.6) is 11.5 Å². The average Bonchev–Trinajstić information content (AvgIpc) is 3.69. The van der Waals surface area contributed by atoms with Crippen molar-refractivity contribution < 1.29 is 9.47 Å². The van der Waals surface area contributed by atoms with Crippen LogP contribution in [0, 0.1) is 0 Å². The smallest absolute Gasteiger partial charge is 0.177 e. The average molecular weight is 670 g/mol. The van der Waals surface area contributed by atoms with Crippen molar-refractivity contribution in [2.75, 3.05) is 11.4 Å². The quantitative estimate of drug-likeness (QED) is 0.169. The van der Waals surface area contributed by atoms with Crippen LogP contribution in [0.4, 0.5) is 5.69 Å². The summed E-state index contributed by atoms with van der Waals surface area (Å²) in [6.45, 7) is 0.483. The molecule has 0 aromatic heterocycles. The van der Waals surface area contributed by atoms with E-state index in [1.54, 1.807) is 6.26 Å². The van der Waals surface area contributed by atoms with E-state index in [4.69, 9.17) is 9.47 Å². The first kappa shape index (κ1) is 30.3. The fourth-order valence-corrected chi connectivity index (χ4v) is 8.58. The first-order valence-electron chi connectivity index (χ1n) is 17.9. The number of para-hydroxylation sites is 1. The molecular formula is C49H35NO2. The molecule has 7 aromatic rings. The normalized spacial score (nSPS) is 14.0. The highest BCUT2D eigenvalue weighted by Gasteiger charge is 2.52. The van der Waals surface area contributed by atoms with Gasteiger partial charge in [-0.05, 0) is 68.6 Å². The maximum absolute atomic E-state index is 7.03. The number of nitrogens with zero attached hydrogens (tertiary/aromatic N) is 1. The second kappa shape index (κ2) is 12.3. The van der Waals surface area contributed by atoms with Crippen LogP contribution in [0.15, 0.2) is 194 Å². The summed E-state index contributed by atoms with van der Waals surface area (Å²) in [6, 6.07) is 60.6. The second-order valence-electron chi connectivity index (χ2n) is 13.6. The van der Waals surface area contributed by atoms with E-state index in [0.29, 0.717) is 6.54 Å². The predicted octanol–water partition coefficient (Wildman–Crippen LogP) is 11.6. The zero-order chi connectivity index (χ0) is 34.5. The highest BCUT2D eigenvalue weighted by Crippen LogP contribution is 2.65. The fourth-order valence-electron chi connectivity index (χ4n) is 8.58. The molecule has 3 heteroatoms. The minimum Gasteiger partial charge on any atom is -0.457 e. The second-order valence-corrected chi connectivity index (χ2v) is 13.6. The molecule has 7 aromatic carbocycles. The lowest BCUT2D eigenvalue weighted by Crippen LogP contribution is -2.26. The lowest BCUT2D eigenvalue weighted by Gasteiger charge is -2.31. The van der Waals surface area contributed by atoms with Crippen molar-refractivity contribution in [3.05, 3.63) is 222 Å². The third kappa shape index (κ3) is 4.66. The molecule has 0 saturated carbocycles. The molecule has 2 aliphatic carbocycles.